The average Bonchev–Trinajstić information content (AvgIpc) is 2.75. The van der Waals surface area contributed by atoms with E-state index in [4.69, 9.17) is 11.6 Å². The molecule has 76 valence electrons. The summed E-state index contributed by atoms with van der Waals surface area (Å²) in [4.78, 5) is 11.6. The highest BCUT2D eigenvalue weighted by atomic mass is 35.5. The summed E-state index contributed by atoms with van der Waals surface area (Å²) in [6, 6.07) is 0.307. The number of carbonyl (C=O) groups is 1. The van der Waals surface area contributed by atoms with Gasteiger partial charge in [0.15, 0.2) is 0 Å². The Bertz CT molecular complexity index is 331. The molecule has 0 spiro atoms. The molecule has 1 fully saturated rings. The van der Waals surface area contributed by atoms with E-state index in [9.17, 15) is 4.79 Å². The second kappa shape index (κ2) is 4.00. The van der Waals surface area contributed by atoms with E-state index in [1.807, 2.05) is 0 Å². The lowest BCUT2D eigenvalue weighted by Crippen LogP contribution is -2.32. The van der Waals surface area contributed by atoms with Crippen molar-refractivity contribution in [2.45, 2.75) is 31.7 Å². The first-order valence-electron chi connectivity index (χ1n) is 4.77. The topological polar surface area (TPSA) is 57.8 Å². The van der Waals surface area contributed by atoms with Gasteiger partial charge >= 0.3 is 0 Å². The molecule has 1 aromatic heterocycles. The van der Waals surface area contributed by atoms with Gasteiger partial charge in [-0.05, 0) is 12.8 Å². The fraction of sp³-hybridized carbons (Fsp3) is 0.556. The molecule has 0 aliphatic heterocycles. The first-order chi connectivity index (χ1) is 6.77. The predicted octanol–water partition coefficient (Wildman–Crippen LogP) is 1.74. The van der Waals surface area contributed by atoms with Crippen molar-refractivity contribution in [1.29, 1.82) is 0 Å². The highest BCUT2D eigenvalue weighted by Crippen LogP contribution is 2.19. The number of amides is 1. The summed E-state index contributed by atoms with van der Waals surface area (Å²) in [5.74, 6) is -0.153. The SMILES string of the molecule is O=C(NC1CCCC1)c1[nH]ncc1Cl. The lowest BCUT2D eigenvalue weighted by Gasteiger charge is -2.10. The molecular weight excluding hydrogens is 202 g/mol. The molecule has 1 heterocycles. The molecule has 2 rings (SSSR count). The maximum Gasteiger partial charge on any atom is 0.271 e. The predicted molar refractivity (Wildman–Crippen MR) is 53.3 cm³/mol. The maximum absolute atomic E-state index is 11.6. The third kappa shape index (κ3) is 1.90. The molecule has 2 N–H and O–H groups in total. The molecule has 1 saturated carbocycles. The zero-order valence-corrected chi connectivity index (χ0v) is 8.47. The Morgan fingerprint density at radius 1 is 1.57 bits per heavy atom. The first-order valence-corrected chi connectivity index (χ1v) is 5.15. The van der Waals surface area contributed by atoms with Gasteiger partial charge in [0.1, 0.15) is 5.69 Å². The van der Waals surface area contributed by atoms with Crippen LogP contribution in [0.25, 0.3) is 0 Å². The number of halogens is 1. The van der Waals surface area contributed by atoms with Gasteiger partial charge in [0.2, 0.25) is 0 Å². The van der Waals surface area contributed by atoms with Gasteiger partial charge in [-0.3, -0.25) is 9.89 Å². The summed E-state index contributed by atoms with van der Waals surface area (Å²) < 4.78 is 0. The number of nitrogens with one attached hydrogen (secondary N) is 2. The third-order valence-corrected chi connectivity index (χ3v) is 2.80. The Balaban J connectivity index is 1.98. The van der Waals surface area contributed by atoms with Gasteiger partial charge in [0, 0.05) is 6.04 Å². The second-order valence-corrected chi connectivity index (χ2v) is 3.95. The van der Waals surface area contributed by atoms with Crippen molar-refractivity contribution in [3.05, 3.63) is 16.9 Å². The van der Waals surface area contributed by atoms with Crippen LogP contribution in [0.1, 0.15) is 36.2 Å². The van der Waals surface area contributed by atoms with Gasteiger partial charge in [-0.1, -0.05) is 24.4 Å². The molecule has 5 heteroatoms. The van der Waals surface area contributed by atoms with Gasteiger partial charge in [0.05, 0.1) is 11.2 Å². The summed E-state index contributed by atoms with van der Waals surface area (Å²) in [5, 5.41) is 9.59. The van der Waals surface area contributed by atoms with Crippen LogP contribution in [0.2, 0.25) is 5.02 Å². The van der Waals surface area contributed by atoms with Gasteiger partial charge in [-0.25, -0.2) is 0 Å². The molecule has 0 bridgehead atoms. The zero-order valence-electron chi connectivity index (χ0n) is 7.72. The van der Waals surface area contributed by atoms with Crippen LogP contribution >= 0.6 is 11.6 Å². The van der Waals surface area contributed by atoms with Crippen molar-refractivity contribution < 1.29 is 4.79 Å². The van der Waals surface area contributed by atoms with E-state index in [2.05, 4.69) is 15.5 Å². The fourth-order valence-corrected chi connectivity index (χ4v) is 1.94. The van der Waals surface area contributed by atoms with Crippen molar-refractivity contribution >= 4 is 17.5 Å². The Kier molecular flexibility index (Phi) is 2.72. The van der Waals surface area contributed by atoms with Crippen LogP contribution in [0.5, 0.6) is 0 Å². The largest absolute Gasteiger partial charge is 0.348 e. The van der Waals surface area contributed by atoms with Crippen LogP contribution in [-0.4, -0.2) is 22.1 Å². The van der Waals surface area contributed by atoms with Crippen LogP contribution in [0, 0.1) is 0 Å². The lowest BCUT2D eigenvalue weighted by molar-refractivity contribution is 0.0933. The van der Waals surface area contributed by atoms with Gasteiger partial charge in [-0.2, -0.15) is 5.10 Å². The summed E-state index contributed by atoms with van der Waals surface area (Å²) in [6.45, 7) is 0. The van der Waals surface area contributed by atoms with E-state index >= 15 is 0 Å². The van der Waals surface area contributed by atoms with Crippen molar-refractivity contribution in [2.24, 2.45) is 0 Å². The lowest BCUT2D eigenvalue weighted by atomic mass is 10.2. The van der Waals surface area contributed by atoms with E-state index in [1.54, 1.807) is 0 Å². The van der Waals surface area contributed by atoms with Crippen molar-refractivity contribution in [1.82, 2.24) is 15.5 Å². The number of nitrogens with zero attached hydrogens (tertiary/aromatic N) is 1. The number of hydrogen-bond acceptors (Lipinski definition) is 2. The van der Waals surface area contributed by atoms with Crippen LogP contribution in [0.3, 0.4) is 0 Å². The van der Waals surface area contributed by atoms with Crippen LogP contribution in [0.4, 0.5) is 0 Å². The Hall–Kier alpha value is -1.03. The monoisotopic (exact) mass is 213 g/mol. The van der Waals surface area contributed by atoms with E-state index in [-0.39, 0.29) is 5.91 Å². The minimum atomic E-state index is -0.153. The van der Waals surface area contributed by atoms with E-state index < -0.39 is 0 Å². The number of aromatic nitrogens is 2. The molecule has 14 heavy (non-hydrogen) atoms. The van der Waals surface area contributed by atoms with Crippen LogP contribution in [0.15, 0.2) is 6.20 Å². The molecule has 0 unspecified atom stereocenters. The number of aromatic amines is 1. The molecule has 1 aliphatic rings. The first kappa shape index (κ1) is 9.52. The highest BCUT2D eigenvalue weighted by molar-refractivity contribution is 6.33. The third-order valence-electron chi connectivity index (χ3n) is 2.51. The summed E-state index contributed by atoms with van der Waals surface area (Å²) in [5.41, 5.74) is 0.360. The maximum atomic E-state index is 11.6. The Labute approximate surface area is 87.0 Å². The minimum Gasteiger partial charge on any atom is -0.348 e. The highest BCUT2D eigenvalue weighted by Gasteiger charge is 2.20. The summed E-state index contributed by atoms with van der Waals surface area (Å²) in [6.07, 6.45) is 5.96. The van der Waals surface area contributed by atoms with E-state index in [0.717, 1.165) is 12.8 Å². The van der Waals surface area contributed by atoms with Crippen LogP contribution in [-0.2, 0) is 0 Å². The van der Waals surface area contributed by atoms with Crippen LogP contribution < -0.4 is 5.32 Å². The summed E-state index contributed by atoms with van der Waals surface area (Å²) >= 11 is 5.77. The van der Waals surface area contributed by atoms with E-state index in [1.165, 1.54) is 19.0 Å². The molecule has 0 aromatic carbocycles. The van der Waals surface area contributed by atoms with Gasteiger partial charge in [-0.15, -0.1) is 0 Å². The molecule has 0 radical (unpaired) electrons. The Morgan fingerprint density at radius 2 is 2.29 bits per heavy atom. The number of H-pyrrole nitrogens is 1. The van der Waals surface area contributed by atoms with Crippen molar-refractivity contribution in [3.8, 4) is 0 Å². The summed E-state index contributed by atoms with van der Waals surface area (Å²) in [7, 11) is 0. The minimum absolute atomic E-state index is 0.153. The molecule has 0 atom stereocenters. The molecule has 4 nitrogen and oxygen atoms in total. The molecular formula is C9H12ClN3O. The number of hydrogen-bond donors (Lipinski definition) is 2. The van der Waals surface area contributed by atoms with Crippen molar-refractivity contribution in [3.63, 3.8) is 0 Å². The normalized spacial score (nSPS) is 17.2. The zero-order chi connectivity index (χ0) is 9.97. The quantitative estimate of drug-likeness (QED) is 0.786. The molecule has 0 saturated heterocycles. The van der Waals surface area contributed by atoms with E-state index in [0.29, 0.717) is 16.8 Å². The smallest absolute Gasteiger partial charge is 0.271 e. The Morgan fingerprint density at radius 3 is 2.86 bits per heavy atom. The molecule has 1 amide bonds. The number of carbonyl (C=O) groups excluding carboxylic acids is 1. The standard InChI is InChI=1S/C9H12ClN3O/c10-7-5-11-13-8(7)9(14)12-6-3-1-2-4-6/h5-6H,1-4H2,(H,11,13)(H,12,14). The van der Waals surface area contributed by atoms with Gasteiger partial charge < -0.3 is 5.32 Å². The van der Waals surface area contributed by atoms with Crippen molar-refractivity contribution in [2.75, 3.05) is 0 Å². The second-order valence-electron chi connectivity index (χ2n) is 3.55. The van der Waals surface area contributed by atoms with Gasteiger partial charge in [0.25, 0.3) is 5.91 Å². The molecule has 1 aromatic rings. The average molecular weight is 214 g/mol. The fourth-order valence-electron chi connectivity index (χ4n) is 1.76. The number of rotatable bonds is 2. The molecule has 1 aliphatic carbocycles.